The van der Waals surface area contributed by atoms with E-state index in [1.807, 2.05) is 6.07 Å². The van der Waals surface area contributed by atoms with Gasteiger partial charge in [0.25, 0.3) is 0 Å². The summed E-state index contributed by atoms with van der Waals surface area (Å²) in [6.07, 6.45) is 2.07. The third kappa shape index (κ3) is 4.02. The first-order chi connectivity index (χ1) is 12.1. The van der Waals surface area contributed by atoms with Crippen LogP contribution >= 0.6 is 0 Å². The van der Waals surface area contributed by atoms with E-state index in [0.29, 0.717) is 12.6 Å². The molecular formula is C19H28N4O2. The fourth-order valence-corrected chi connectivity index (χ4v) is 3.69. The second-order valence-electron chi connectivity index (χ2n) is 6.72. The number of hydrogen-bond donors (Lipinski definition) is 1. The number of piperidine rings is 1. The number of esters is 1. The summed E-state index contributed by atoms with van der Waals surface area (Å²) in [5, 5.41) is 3.73. The molecule has 6 heteroatoms. The van der Waals surface area contributed by atoms with Gasteiger partial charge < -0.3 is 14.6 Å². The van der Waals surface area contributed by atoms with Crippen LogP contribution in [0.2, 0.25) is 0 Å². The first-order valence-corrected chi connectivity index (χ1v) is 9.12. The highest BCUT2D eigenvalue weighted by Crippen LogP contribution is 2.22. The predicted octanol–water partition coefficient (Wildman–Crippen LogP) is 2.34. The highest BCUT2D eigenvalue weighted by atomic mass is 16.5. The molecule has 25 heavy (non-hydrogen) atoms. The highest BCUT2D eigenvalue weighted by molar-refractivity contribution is 5.76. The number of rotatable bonds is 6. The number of methoxy groups -OCH3 is 1. The lowest BCUT2D eigenvalue weighted by Gasteiger charge is -2.33. The third-order valence-electron chi connectivity index (χ3n) is 5.04. The van der Waals surface area contributed by atoms with Crippen molar-refractivity contribution in [1.82, 2.24) is 19.8 Å². The molecule has 1 aliphatic rings. The van der Waals surface area contributed by atoms with Gasteiger partial charge in [0.1, 0.15) is 5.82 Å². The molecule has 2 aromatic rings. The van der Waals surface area contributed by atoms with E-state index in [1.165, 1.54) is 12.6 Å². The molecular weight excluding hydrogens is 316 g/mol. The third-order valence-corrected chi connectivity index (χ3v) is 5.04. The van der Waals surface area contributed by atoms with Crippen molar-refractivity contribution < 1.29 is 9.53 Å². The summed E-state index contributed by atoms with van der Waals surface area (Å²) >= 11 is 0. The minimum atomic E-state index is -0.156. The Morgan fingerprint density at radius 2 is 2.08 bits per heavy atom. The Morgan fingerprint density at radius 1 is 1.36 bits per heavy atom. The summed E-state index contributed by atoms with van der Waals surface area (Å²) in [6.45, 7) is 7.50. The highest BCUT2D eigenvalue weighted by Gasteiger charge is 2.24. The number of nitrogens with zero attached hydrogens (tertiary/aromatic N) is 3. The molecule has 136 valence electrons. The number of carbonyl (C=O) groups excluding carboxylic acids is 1. The van der Waals surface area contributed by atoms with Crippen LogP contribution in [0.15, 0.2) is 24.3 Å². The standard InChI is InChI=1S/C19H28N4O2/c1-4-23-17-8-6-5-7-16(17)21-19(23)14(2)20-15-9-11-22(12-10-15)13-18(24)25-3/h5-8,14-15,20H,4,9-13H2,1-3H3/t14-/m1/s1. The zero-order chi connectivity index (χ0) is 17.8. The van der Waals surface area contributed by atoms with Crippen LogP contribution in [0.3, 0.4) is 0 Å². The van der Waals surface area contributed by atoms with Crippen molar-refractivity contribution in [2.75, 3.05) is 26.7 Å². The molecule has 2 heterocycles. The summed E-state index contributed by atoms with van der Waals surface area (Å²) in [4.78, 5) is 18.4. The molecule has 1 N–H and O–H groups in total. The van der Waals surface area contributed by atoms with Crippen molar-refractivity contribution in [3.05, 3.63) is 30.1 Å². The van der Waals surface area contributed by atoms with Gasteiger partial charge in [0.05, 0.1) is 30.7 Å². The molecule has 1 saturated heterocycles. The van der Waals surface area contributed by atoms with Crippen LogP contribution in [0.25, 0.3) is 11.0 Å². The molecule has 0 aliphatic carbocycles. The number of nitrogens with one attached hydrogen (secondary N) is 1. The fraction of sp³-hybridized carbons (Fsp3) is 0.579. The molecule has 0 spiro atoms. The number of aryl methyl sites for hydroxylation is 1. The van der Waals surface area contributed by atoms with Crippen LogP contribution in [0.4, 0.5) is 0 Å². The predicted molar refractivity (Wildman–Crippen MR) is 98.4 cm³/mol. The van der Waals surface area contributed by atoms with Gasteiger partial charge in [-0.05, 0) is 38.8 Å². The molecule has 0 unspecified atom stereocenters. The fourth-order valence-electron chi connectivity index (χ4n) is 3.69. The molecule has 1 aromatic carbocycles. The maximum Gasteiger partial charge on any atom is 0.319 e. The zero-order valence-corrected chi connectivity index (χ0v) is 15.4. The van der Waals surface area contributed by atoms with Gasteiger partial charge in [0.2, 0.25) is 0 Å². The number of benzene rings is 1. The molecule has 1 fully saturated rings. The number of fused-ring (bicyclic) bond motifs is 1. The summed E-state index contributed by atoms with van der Waals surface area (Å²) in [6, 6.07) is 8.96. The summed E-state index contributed by atoms with van der Waals surface area (Å²) < 4.78 is 7.04. The van der Waals surface area contributed by atoms with Crippen LogP contribution < -0.4 is 5.32 Å². The van der Waals surface area contributed by atoms with E-state index < -0.39 is 0 Å². The molecule has 1 aromatic heterocycles. The Balaban J connectivity index is 1.62. The molecule has 3 rings (SSSR count). The first kappa shape index (κ1) is 17.9. The summed E-state index contributed by atoms with van der Waals surface area (Å²) in [7, 11) is 1.44. The van der Waals surface area contributed by atoms with E-state index in [1.54, 1.807) is 0 Å². The van der Waals surface area contributed by atoms with Crippen molar-refractivity contribution in [3.63, 3.8) is 0 Å². The van der Waals surface area contributed by atoms with Gasteiger partial charge >= 0.3 is 5.97 Å². The van der Waals surface area contributed by atoms with Gasteiger partial charge in [-0.15, -0.1) is 0 Å². The Labute approximate surface area is 149 Å². The monoisotopic (exact) mass is 344 g/mol. The van der Waals surface area contributed by atoms with E-state index >= 15 is 0 Å². The number of ether oxygens (including phenoxy) is 1. The van der Waals surface area contributed by atoms with Gasteiger partial charge in [0, 0.05) is 25.7 Å². The Morgan fingerprint density at radius 3 is 2.76 bits per heavy atom. The average molecular weight is 344 g/mol. The molecule has 0 saturated carbocycles. The molecule has 1 atom stereocenters. The van der Waals surface area contributed by atoms with Crippen LogP contribution in [0, 0.1) is 0 Å². The molecule has 6 nitrogen and oxygen atoms in total. The summed E-state index contributed by atoms with van der Waals surface area (Å²) in [5.74, 6) is 0.942. The van der Waals surface area contributed by atoms with Crippen molar-refractivity contribution in [3.8, 4) is 0 Å². The van der Waals surface area contributed by atoms with Crippen LogP contribution in [-0.2, 0) is 16.1 Å². The number of carbonyl (C=O) groups is 1. The Hall–Kier alpha value is -1.92. The van der Waals surface area contributed by atoms with Crippen molar-refractivity contribution in [1.29, 1.82) is 0 Å². The summed E-state index contributed by atoms with van der Waals surface area (Å²) in [5.41, 5.74) is 2.25. The number of likely N-dealkylation sites (tertiary alicyclic amines) is 1. The van der Waals surface area contributed by atoms with E-state index in [0.717, 1.165) is 43.8 Å². The van der Waals surface area contributed by atoms with Gasteiger partial charge in [0.15, 0.2) is 0 Å². The Bertz CT molecular complexity index is 719. The number of aromatic nitrogens is 2. The lowest BCUT2D eigenvalue weighted by Crippen LogP contribution is -2.45. The van der Waals surface area contributed by atoms with Gasteiger partial charge in [-0.1, -0.05) is 12.1 Å². The smallest absolute Gasteiger partial charge is 0.319 e. The van der Waals surface area contributed by atoms with Crippen molar-refractivity contribution >= 4 is 17.0 Å². The molecule has 0 bridgehead atoms. The lowest BCUT2D eigenvalue weighted by molar-refractivity contribution is -0.142. The van der Waals surface area contributed by atoms with Gasteiger partial charge in [-0.3, -0.25) is 9.69 Å². The van der Waals surface area contributed by atoms with Crippen molar-refractivity contribution in [2.45, 2.75) is 45.3 Å². The first-order valence-electron chi connectivity index (χ1n) is 9.12. The molecule has 0 amide bonds. The average Bonchev–Trinajstić information content (AvgIpc) is 3.02. The van der Waals surface area contributed by atoms with E-state index in [9.17, 15) is 4.79 Å². The maximum atomic E-state index is 11.4. The van der Waals surface area contributed by atoms with Crippen molar-refractivity contribution in [2.24, 2.45) is 0 Å². The SMILES string of the molecule is CCn1c([C@@H](C)NC2CCN(CC(=O)OC)CC2)nc2ccccc21. The van der Waals surface area contributed by atoms with Crippen LogP contribution in [0.5, 0.6) is 0 Å². The van der Waals surface area contributed by atoms with E-state index in [-0.39, 0.29) is 12.0 Å². The largest absolute Gasteiger partial charge is 0.468 e. The maximum absolute atomic E-state index is 11.4. The minimum absolute atomic E-state index is 0.156. The quantitative estimate of drug-likeness (QED) is 0.815. The normalized spacial score (nSPS) is 17.7. The number of para-hydroxylation sites is 2. The molecule has 1 aliphatic heterocycles. The van der Waals surface area contributed by atoms with Gasteiger partial charge in [-0.2, -0.15) is 0 Å². The van der Waals surface area contributed by atoms with Gasteiger partial charge in [-0.25, -0.2) is 4.98 Å². The molecule has 0 radical (unpaired) electrons. The van der Waals surface area contributed by atoms with Crippen LogP contribution in [-0.4, -0.2) is 53.2 Å². The number of hydrogen-bond acceptors (Lipinski definition) is 5. The lowest BCUT2D eigenvalue weighted by atomic mass is 10.0. The Kier molecular flexibility index (Phi) is 5.71. The second-order valence-corrected chi connectivity index (χ2v) is 6.72. The van der Waals surface area contributed by atoms with E-state index in [4.69, 9.17) is 9.72 Å². The number of imidazole rings is 1. The second kappa shape index (κ2) is 7.97. The van der Waals surface area contributed by atoms with E-state index in [2.05, 4.69) is 46.8 Å². The zero-order valence-electron chi connectivity index (χ0n) is 15.4. The topological polar surface area (TPSA) is 59.4 Å². The minimum Gasteiger partial charge on any atom is -0.468 e. The van der Waals surface area contributed by atoms with Crippen LogP contribution in [0.1, 0.15) is 38.6 Å².